The molecule has 46 valence electrons. The Hall–Kier alpha value is -1.03. The van der Waals surface area contributed by atoms with Crippen molar-refractivity contribution >= 4 is 0 Å². The first kappa shape index (κ1) is 6.97. The van der Waals surface area contributed by atoms with Crippen LogP contribution in [0.4, 0.5) is 13.2 Å². The molecule has 0 fully saturated rings. The van der Waals surface area contributed by atoms with Gasteiger partial charge in [0, 0.05) is 0 Å². The Balaban J connectivity index is 3.28. The van der Waals surface area contributed by atoms with Crippen LogP contribution in [0.5, 0.6) is 0 Å². The number of halogens is 3. The van der Waals surface area contributed by atoms with Gasteiger partial charge in [-0.05, 0) is 0 Å². The summed E-state index contributed by atoms with van der Waals surface area (Å²) in [6.07, 6.45) is -4.81. The molecule has 0 aliphatic rings. The summed E-state index contributed by atoms with van der Waals surface area (Å²) in [6.45, 7) is 0. The molecule has 0 aliphatic heterocycles. The molecule has 4 nitrogen and oxygen atoms in total. The lowest BCUT2D eigenvalue weighted by Crippen LogP contribution is -2.20. The molecule has 7 heteroatoms. The van der Waals surface area contributed by atoms with Gasteiger partial charge in [0.2, 0.25) is 0 Å². The number of diazo groups is 1. The Morgan fingerprint density at radius 3 is 2.12 bits per heavy atom. The van der Waals surface area contributed by atoms with Crippen molar-refractivity contribution in [1.29, 1.82) is 5.39 Å². The zero-order valence-corrected chi connectivity index (χ0v) is 3.44. The third kappa shape index (κ3) is 4.97. The third-order valence-corrected chi connectivity index (χ3v) is 0.202. The van der Waals surface area contributed by atoms with Gasteiger partial charge in [-0.1, -0.05) is 0 Å². The molecule has 0 radical (unpaired) electrons. The van der Waals surface area contributed by atoms with Gasteiger partial charge in [0.25, 0.3) is 5.39 Å². The van der Waals surface area contributed by atoms with Crippen LogP contribution >= 0.6 is 0 Å². The SMILES string of the molecule is N#[N+]NOC(F)(F)F. The average Bonchev–Trinajstić information content (AvgIpc) is 1.59. The number of rotatable bonds is 1. The van der Waals surface area contributed by atoms with E-state index >= 15 is 0 Å². The molecular formula is CHF3N3O+. The van der Waals surface area contributed by atoms with Gasteiger partial charge in [0.05, 0.1) is 0 Å². The lowest BCUT2D eigenvalue weighted by atomic mass is 11.4. The summed E-state index contributed by atoms with van der Waals surface area (Å²) < 4.78 is 32.4. The molecule has 8 heavy (non-hydrogen) atoms. The van der Waals surface area contributed by atoms with E-state index in [0.29, 0.717) is 0 Å². The van der Waals surface area contributed by atoms with Crippen molar-refractivity contribution in [3.8, 4) is 0 Å². The summed E-state index contributed by atoms with van der Waals surface area (Å²) in [6, 6.07) is 0. The summed E-state index contributed by atoms with van der Waals surface area (Å²) in [7, 11) is 0. The van der Waals surface area contributed by atoms with Crippen LogP contribution in [0.25, 0.3) is 5.08 Å². The standard InChI is InChI=1S/CHF3N3O/c2-1(3,4)8-7-6-5/h7H/q+1. The Morgan fingerprint density at radius 2 is 2.00 bits per heavy atom. The quantitative estimate of drug-likeness (QED) is 0.419. The molecule has 0 bridgehead atoms. The van der Waals surface area contributed by atoms with E-state index in [-0.39, 0.29) is 0 Å². The van der Waals surface area contributed by atoms with E-state index in [4.69, 9.17) is 5.39 Å². The van der Waals surface area contributed by atoms with Gasteiger partial charge >= 0.3 is 11.4 Å². The summed E-state index contributed by atoms with van der Waals surface area (Å²) in [5, 5.41) is 9.15. The first-order valence-electron chi connectivity index (χ1n) is 1.40. The lowest BCUT2D eigenvalue weighted by molar-refractivity contribution is -0.345. The number of hydrogen-bond donors (Lipinski definition) is 1. The zero-order valence-electron chi connectivity index (χ0n) is 3.44. The minimum atomic E-state index is -4.81. The highest BCUT2D eigenvalue weighted by molar-refractivity contribution is 4.25. The van der Waals surface area contributed by atoms with Gasteiger partial charge in [0.15, 0.2) is 0 Å². The molecule has 0 unspecified atom stereocenters. The molecule has 0 atom stereocenters. The highest BCUT2D eigenvalue weighted by Gasteiger charge is 2.32. The lowest BCUT2D eigenvalue weighted by Gasteiger charge is -1.94. The minimum Gasteiger partial charge on any atom is -0.142 e. The van der Waals surface area contributed by atoms with Crippen LogP contribution in [0.2, 0.25) is 0 Å². The summed E-state index contributed by atoms with van der Waals surface area (Å²) in [5.74, 6) is 0. The second-order valence-electron chi connectivity index (χ2n) is 0.739. The van der Waals surface area contributed by atoms with E-state index in [9.17, 15) is 13.2 Å². The number of hydrogen-bond acceptors (Lipinski definition) is 3. The zero-order chi connectivity index (χ0) is 6.62. The Bertz CT molecular complexity index is 102. The van der Waals surface area contributed by atoms with Gasteiger partial charge in [-0.25, -0.2) is 0 Å². The molecule has 0 saturated heterocycles. The van der Waals surface area contributed by atoms with Crippen LogP contribution in [-0.2, 0) is 4.84 Å². The fourth-order valence-corrected chi connectivity index (χ4v) is 0.0722. The van der Waals surface area contributed by atoms with E-state index in [1.165, 1.54) is 0 Å². The van der Waals surface area contributed by atoms with Gasteiger partial charge in [-0.3, -0.25) is 0 Å². The normalized spacial score (nSPS) is 10.2. The van der Waals surface area contributed by atoms with Crippen LogP contribution in [0.3, 0.4) is 0 Å². The maximum atomic E-state index is 10.8. The molecular weight excluding hydrogens is 127 g/mol. The van der Waals surface area contributed by atoms with Gasteiger partial charge in [-0.15, -0.1) is 18.0 Å². The average molecular weight is 128 g/mol. The van der Waals surface area contributed by atoms with E-state index in [1.54, 1.807) is 0 Å². The predicted molar refractivity (Wildman–Crippen MR) is 15.4 cm³/mol. The summed E-state index contributed by atoms with van der Waals surface area (Å²) in [5.41, 5.74) is 0.844. The third-order valence-electron chi connectivity index (χ3n) is 0.202. The second kappa shape index (κ2) is 2.32. The van der Waals surface area contributed by atoms with Crippen LogP contribution < -0.4 is 5.59 Å². The summed E-state index contributed by atoms with van der Waals surface area (Å²) >= 11 is 0. The Kier molecular flexibility index (Phi) is 2.02. The molecule has 0 spiro atoms. The van der Waals surface area contributed by atoms with Crippen molar-refractivity contribution in [1.82, 2.24) is 5.59 Å². The van der Waals surface area contributed by atoms with Gasteiger partial charge < -0.3 is 0 Å². The molecule has 0 aromatic rings. The van der Waals surface area contributed by atoms with Crippen LogP contribution in [0.1, 0.15) is 0 Å². The second-order valence-corrected chi connectivity index (χ2v) is 0.739. The highest BCUT2D eigenvalue weighted by atomic mass is 19.4. The monoisotopic (exact) mass is 128 g/mol. The fraction of sp³-hybridized carbons (Fsp3) is 1.00. The Labute approximate surface area is 41.8 Å². The van der Waals surface area contributed by atoms with Crippen molar-refractivity contribution in [2.75, 3.05) is 0 Å². The smallest absolute Gasteiger partial charge is 0.142 e. The predicted octanol–water partition coefficient (Wildman–Crippen LogP) is 0.795. The van der Waals surface area contributed by atoms with Crippen molar-refractivity contribution in [2.45, 2.75) is 6.36 Å². The molecule has 0 saturated carbocycles. The van der Waals surface area contributed by atoms with Gasteiger partial charge in [0.1, 0.15) is 5.59 Å². The highest BCUT2D eigenvalue weighted by Crippen LogP contribution is 2.13. The van der Waals surface area contributed by atoms with Crippen LogP contribution in [-0.4, -0.2) is 6.36 Å². The van der Waals surface area contributed by atoms with Crippen LogP contribution in [0.15, 0.2) is 0 Å². The largest absolute Gasteiger partial charge is 0.548 e. The van der Waals surface area contributed by atoms with E-state index in [1.807, 2.05) is 5.08 Å². The first-order valence-corrected chi connectivity index (χ1v) is 1.40. The first-order chi connectivity index (χ1) is 3.56. The molecule has 0 aromatic heterocycles. The fourth-order valence-electron chi connectivity index (χ4n) is 0.0722. The van der Waals surface area contributed by atoms with Crippen molar-refractivity contribution in [2.24, 2.45) is 0 Å². The van der Waals surface area contributed by atoms with E-state index in [0.717, 1.165) is 5.59 Å². The Morgan fingerprint density at radius 1 is 1.50 bits per heavy atom. The van der Waals surface area contributed by atoms with Crippen molar-refractivity contribution in [3.63, 3.8) is 0 Å². The molecule has 1 N–H and O–H groups in total. The summed E-state index contributed by atoms with van der Waals surface area (Å²) in [4.78, 5) is 2.71. The number of nitrogens with one attached hydrogen (secondary N) is 1. The van der Waals surface area contributed by atoms with Gasteiger partial charge in [-0.2, -0.15) is 0 Å². The molecule has 0 rings (SSSR count). The molecule has 0 aromatic carbocycles. The maximum Gasteiger partial charge on any atom is 0.548 e. The van der Waals surface area contributed by atoms with E-state index in [2.05, 4.69) is 4.84 Å². The van der Waals surface area contributed by atoms with Crippen molar-refractivity contribution in [3.05, 3.63) is 5.08 Å². The topological polar surface area (TPSA) is 49.4 Å². The minimum absolute atomic E-state index is 0.844. The van der Waals surface area contributed by atoms with Crippen molar-refractivity contribution < 1.29 is 18.0 Å². The van der Waals surface area contributed by atoms with Crippen LogP contribution in [0, 0.1) is 5.39 Å². The molecule has 0 aliphatic carbocycles. The molecule has 0 heterocycles. The number of nitrogens with zero attached hydrogens (tertiary/aromatic N) is 2. The number of alkyl halides is 3. The molecule has 0 amide bonds. The maximum absolute atomic E-state index is 10.8. The van der Waals surface area contributed by atoms with E-state index < -0.39 is 6.36 Å².